The van der Waals surface area contributed by atoms with E-state index in [1.54, 1.807) is 12.0 Å². The minimum Gasteiger partial charge on any atom is -0.497 e. The van der Waals surface area contributed by atoms with Gasteiger partial charge in [-0.3, -0.25) is 14.4 Å². The number of allylic oxidation sites excluding steroid dienone is 1. The van der Waals surface area contributed by atoms with Crippen LogP contribution in [0.3, 0.4) is 0 Å². The van der Waals surface area contributed by atoms with Crippen LogP contribution in [0.5, 0.6) is 5.75 Å². The van der Waals surface area contributed by atoms with Crippen LogP contribution in [0.2, 0.25) is 0 Å². The second kappa shape index (κ2) is 9.29. The van der Waals surface area contributed by atoms with Gasteiger partial charge in [0.2, 0.25) is 17.7 Å². The van der Waals surface area contributed by atoms with Gasteiger partial charge < -0.3 is 25.6 Å². The van der Waals surface area contributed by atoms with Crippen LogP contribution >= 0.6 is 0 Å². The SMILES string of the molecule is COc1cccc(C2CCC(C)(C)C(=O)N2CC(=O)Nc2ccc3c(c2)CC2(C3)C(=O)NC3=C2C=CCN3)c1. The molecule has 8 heteroatoms. The molecule has 3 heterocycles. The summed E-state index contributed by atoms with van der Waals surface area (Å²) in [5.74, 6) is 1.28. The Balaban J connectivity index is 1.20. The molecule has 3 aliphatic heterocycles. The van der Waals surface area contributed by atoms with E-state index in [4.69, 9.17) is 4.74 Å². The van der Waals surface area contributed by atoms with Gasteiger partial charge >= 0.3 is 0 Å². The highest BCUT2D eigenvalue weighted by molar-refractivity contribution is 5.96. The van der Waals surface area contributed by atoms with Crippen molar-refractivity contribution in [1.82, 2.24) is 15.5 Å². The minimum atomic E-state index is -0.611. The number of carbonyl (C=O) groups is 3. The van der Waals surface area contributed by atoms with Gasteiger partial charge in [0.05, 0.1) is 18.6 Å². The molecule has 202 valence electrons. The van der Waals surface area contributed by atoms with Gasteiger partial charge in [-0.15, -0.1) is 0 Å². The van der Waals surface area contributed by atoms with Crippen LogP contribution in [0, 0.1) is 10.8 Å². The van der Waals surface area contributed by atoms with Crippen molar-refractivity contribution in [3.8, 4) is 5.75 Å². The van der Waals surface area contributed by atoms with Crippen LogP contribution in [0.15, 0.2) is 66.0 Å². The molecule has 3 N–H and O–H groups in total. The third-order valence-electron chi connectivity index (χ3n) is 8.67. The fourth-order valence-electron chi connectivity index (χ4n) is 6.51. The van der Waals surface area contributed by atoms with E-state index in [0.717, 1.165) is 46.7 Å². The number of hydrogen-bond donors (Lipinski definition) is 3. The summed E-state index contributed by atoms with van der Waals surface area (Å²) >= 11 is 0. The molecule has 0 aromatic heterocycles. The first-order valence-electron chi connectivity index (χ1n) is 13.5. The molecule has 1 fully saturated rings. The fraction of sp³-hybridized carbons (Fsp3) is 0.387. The van der Waals surface area contributed by atoms with Crippen LogP contribution < -0.4 is 20.7 Å². The molecule has 2 atom stereocenters. The number of benzene rings is 2. The zero-order valence-electron chi connectivity index (χ0n) is 22.6. The average Bonchev–Trinajstić information content (AvgIpc) is 3.44. The molecule has 2 unspecified atom stereocenters. The van der Waals surface area contributed by atoms with E-state index in [2.05, 4.69) is 16.0 Å². The third kappa shape index (κ3) is 4.28. The summed E-state index contributed by atoms with van der Waals surface area (Å²) in [5, 5.41) is 9.29. The van der Waals surface area contributed by atoms with Crippen molar-refractivity contribution in [2.75, 3.05) is 25.5 Å². The topological polar surface area (TPSA) is 99.8 Å². The Labute approximate surface area is 228 Å². The molecule has 0 bridgehead atoms. The molecule has 1 aliphatic carbocycles. The van der Waals surface area contributed by atoms with Gasteiger partial charge in [0.15, 0.2) is 0 Å². The summed E-state index contributed by atoms with van der Waals surface area (Å²) in [4.78, 5) is 41.5. The van der Waals surface area contributed by atoms with E-state index >= 15 is 0 Å². The molecule has 1 saturated heterocycles. The number of likely N-dealkylation sites (tertiary alicyclic amines) is 1. The average molecular weight is 527 g/mol. The van der Waals surface area contributed by atoms with Gasteiger partial charge in [-0.2, -0.15) is 0 Å². The lowest BCUT2D eigenvalue weighted by atomic mass is 9.78. The van der Waals surface area contributed by atoms with E-state index in [1.807, 2.05) is 68.5 Å². The quantitative estimate of drug-likeness (QED) is 0.553. The number of rotatable bonds is 5. The number of anilines is 1. The summed E-state index contributed by atoms with van der Waals surface area (Å²) in [6, 6.07) is 13.4. The summed E-state index contributed by atoms with van der Waals surface area (Å²) in [5.41, 5.74) is 3.67. The number of nitrogens with one attached hydrogen (secondary N) is 3. The monoisotopic (exact) mass is 526 g/mol. The van der Waals surface area contributed by atoms with Crippen molar-refractivity contribution < 1.29 is 19.1 Å². The normalized spacial score (nSPS) is 24.8. The molecular formula is C31H34N4O4. The van der Waals surface area contributed by atoms with Crippen LogP contribution in [0.4, 0.5) is 5.69 Å². The van der Waals surface area contributed by atoms with Crippen molar-refractivity contribution in [2.45, 2.75) is 45.6 Å². The number of nitrogens with zero attached hydrogens (tertiary/aromatic N) is 1. The molecule has 8 nitrogen and oxygen atoms in total. The number of fused-ring (bicyclic) bond motifs is 2. The number of carbonyl (C=O) groups excluding carboxylic acids is 3. The smallest absolute Gasteiger partial charge is 0.244 e. The lowest BCUT2D eigenvalue weighted by Crippen LogP contribution is -2.50. The Kier molecular flexibility index (Phi) is 6.01. The summed E-state index contributed by atoms with van der Waals surface area (Å²) in [7, 11) is 1.62. The molecule has 0 radical (unpaired) electrons. The zero-order valence-corrected chi connectivity index (χ0v) is 22.6. The Morgan fingerprint density at radius 1 is 1.13 bits per heavy atom. The molecule has 3 amide bonds. The van der Waals surface area contributed by atoms with Crippen molar-refractivity contribution in [3.05, 3.63) is 82.7 Å². The van der Waals surface area contributed by atoms with Crippen LogP contribution in [-0.2, 0) is 27.2 Å². The highest BCUT2D eigenvalue weighted by atomic mass is 16.5. The van der Waals surface area contributed by atoms with E-state index in [-0.39, 0.29) is 30.3 Å². The van der Waals surface area contributed by atoms with Gasteiger partial charge in [-0.1, -0.05) is 44.2 Å². The third-order valence-corrected chi connectivity index (χ3v) is 8.67. The van der Waals surface area contributed by atoms with Crippen molar-refractivity contribution >= 4 is 23.4 Å². The predicted molar refractivity (Wildman–Crippen MR) is 148 cm³/mol. The van der Waals surface area contributed by atoms with E-state index in [9.17, 15) is 14.4 Å². The molecular weight excluding hydrogens is 492 g/mol. The minimum absolute atomic E-state index is 0.0168. The second-order valence-electron chi connectivity index (χ2n) is 11.6. The largest absolute Gasteiger partial charge is 0.497 e. The summed E-state index contributed by atoms with van der Waals surface area (Å²) in [6.45, 7) is 4.54. The maximum Gasteiger partial charge on any atom is 0.244 e. The van der Waals surface area contributed by atoms with Gasteiger partial charge in [0, 0.05) is 23.2 Å². The first-order chi connectivity index (χ1) is 18.7. The number of methoxy groups -OCH3 is 1. The number of ether oxygens (including phenoxy) is 1. The first-order valence-corrected chi connectivity index (χ1v) is 13.5. The van der Waals surface area contributed by atoms with Crippen LogP contribution in [-0.4, -0.2) is 42.8 Å². The number of hydrogen-bond acceptors (Lipinski definition) is 5. The maximum atomic E-state index is 13.5. The molecule has 39 heavy (non-hydrogen) atoms. The van der Waals surface area contributed by atoms with Gasteiger partial charge in [-0.25, -0.2) is 0 Å². The van der Waals surface area contributed by atoms with Gasteiger partial charge in [0.1, 0.15) is 18.1 Å². The molecule has 4 aliphatic rings. The fourth-order valence-corrected chi connectivity index (χ4v) is 6.51. The van der Waals surface area contributed by atoms with E-state index < -0.39 is 10.8 Å². The Hall–Kier alpha value is -4.07. The van der Waals surface area contributed by atoms with Crippen molar-refractivity contribution in [2.24, 2.45) is 10.8 Å². The van der Waals surface area contributed by atoms with Gasteiger partial charge in [0.25, 0.3) is 0 Å². The summed E-state index contributed by atoms with van der Waals surface area (Å²) in [6.07, 6.45) is 6.82. The molecule has 2 aromatic carbocycles. The second-order valence-corrected chi connectivity index (χ2v) is 11.6. The maximum absolute atomic E-state index is 13.5. The Bertz CT molecular complexity index is 1440. The standard InChI is InChI=1S/C31H34N4O4/c1-30(2)12-11-25(19-6-4-7-23(15-19)39-3)35(29(30)38)18-26(36)33-22-10-9-20-16-31(17-21(20)14-22)24-8-5-13-32-27(24)34-28(31)37/h4-10,14-15,25,32H,11-13,16-18H2,1-3H3,(H,33,36)(H,34,37). The number of piperidine rings is 1. The first kappa shape index (κ1) is 25.2. The van der Waals surface area contributed by atoms with Gasteiger partial charge in [-0.05, 0) is 66.6 Å². The van der Waals surface area contributed by atoms with E-state index in [0.29, 0.717) is 25.1 Å². The summed E-state index contributed by atoms with van der Waals surface area (Å²) < 4.78 is 5.40. The lowest BCUT2D eigenvalue weighted by Gasteiger charge is -2.43. The van der Waals surface area contributed by atoms with Crippen LogP contribution in [0.25, 0.3) is 0 Å². The predicted octanol–water partition coefficient (Wildman–Crippen LogP) is 3.61. The molecule has 1 spiro atoms. The van der Waals surface area contributed by atoms with Crippen LogP contribution in [0.1, 0.15) is 49.4 Å². The number of amides is 3. The molecule has 2 aromatic rings. The number of dihydropyridines is 1. The highest BCUT2D eigenvalue weighted by Crippen LogP contribution is 2.48. The highest BCUT2D eigenvalue weighted by Gasteiger charge is 2.51. The zero-order chi connectivity index (χ0) is 27.4. The molecule has 0 saturated carbocycles. The Morgan fingerprint density at radius 2 is 1.95 bits per heavy atom. The van der Waals surface area contributed by atoms with Crippen molar-refractivity contribution in [3.63, 3.8) is 0 Å². The van der Waals surface area contributed by atoms with Crippen molar-refractivity contribution in [1.29, 1.82) is 0 Å². The van der Waals surface area contributed by atoms with E-state index in [1.165, 1.54) is 0 Å². The Morgan fingerprint density at radius 3 is 2.77 bits per heavy atom. The molecule has 6 rings (SSSR count). The lowest BCUT2D eigenvalue weighted by molar-refractivity contribution is -0.150.